The zero-order valence-electron chi connectivity index (χ0n) is 13.5. The van der Waals surface area contributed by atoms with E-state index in [0.717, 1.165) is 11.1 Å². The van der Waals surface area contributed by atoms with E-state index in [1.807, 2.05) is 12.3 Å². The number of terminal acetylenes is 1. The smallest absolute Gasteiger partial charge is 0.313 e. The number of hydrogen-bond acceptors (Lipinski definition) is 4. The van der Waals surface area contributed by atoms with E-state index in [2.05, 4.69) is 21.7 Å². The van der Waals surface area contributed by atoms with E-state index in [0.29, 0.717) is 5.69 Å². The van der Waals surface area contributed by atoms with Gasteiger partial charge in [0.05, 0.1) is 6.20 Å². The van der Waals surface area contributed by atoms with Crippen molar-refractivity contribution >= 4 is 23.4 Å². The van der Waals surface area contributed by atoms with Gasteiger partial charge in [-0.15, -0.1) is 12.3 Å². The molecule has 0 saturated heterocycles. The lowest BCUT2D eigenvalue weighted by Gasteiger charge is -2.12. The van der Waals surface area contributed by atoms with Crippen molar-refractivity contribution in [3.63, 3.8) is 0 Å². The summed E-state index contributed by atoms with van der Waals surface area (Å²) in [6.45, 7) is 0. The molecule has 4 N–H and O–H groups in total. The minimum atomic E-state index is -1.09. The highest BCUT2D eigenvalue weighted by Gasteiger charge is 2.21. The van der Waals surface area contributed by atoms with Crippen molar-refractivity contribution in [3.05, 3.63) is 36.7 Å². The Labute approximate surface area is 144 Å². The third-order valence-electron chi connectivity index (χ3n) is 3.34. The molecule has 2 aromatic rings. The molecular formula is C17H17N5O3. The van der Waals surface area contributed by atoms with E-state index in [4.69, 9.17) is 12.2 Å². The SMILES string of the molecule is C#CCC(NC(=O)C(=O)Nc1cccc(-c2cnn(C)c2)c1)C(N)=O. The lowest BCUT2D eigenvalue weighted by atomic mass is 10.1. The standard InChI is InChI=1S/C17H17N5O3/c1-3-5-14(15(18)23)21-17(25)16(24)20-13-7-4-6-11(8-13)12-9-19-22(2)10-12/h1,4,6-10,14H,5H2,2H3,(H2,18,23)(H,20,24)(H,21,25). The van der Waals surface area contributed by atoms with E-state index in [9.17, 15) is 14.4 Å². The molecule has 128 valence electrons. The summed E-state index contributed by atoms with van der Waals surface area (Å²) in [6.07, 6.45) is 8.52. The van der Waals surface area contributed by atoms with Gasteiger partial charge in [0.25, 0.3) is 0 Å². The number of rotatable bonds is 5. The van der Waals surface area contributed by atoms with Crippen molar-refractivity contribution in [3.8, 4) is 23.5 Å². The van der Waals surface area contributed by atoms with Gasteiger partial charge in [-0.3, -0.25) is 19.1 Å². The molecule has 8 nitrogen and oxygen atoms in total. The fourth-order valence-corrected chi connectivity index (χ4v) is 2.10. The summed E-state index contributed by atoms with van der Waals surface area (Å²) in [4.78, 5) is 35.0. The number of hydrogen-bond donors (Lipinski definition) is 3. The summed E-state index contributed by atoms with van der Waals surface area (Å²) in [7, 11) is 1.80. The molecule has 1 heterocycles. The molecule has 3 amide bonds. The minimum Gasteiger partial charge on any atom is -0.368 e. The summed E-state index contributed by atoms with van der Waals surface area (Å²) in [5.74, 6) is -0.511. The first kappa shape index (κ1) is 17.7. The van der Waals surface area contributed by atoms with Crippen LogP contribution >= 0.6 is 0 Å². The van der Waals surface area contributed by atoms with Gasteiger partial charge >= 0.3 is 11.8 Å². The molecule has 2 rings (SSSR count). The summed E-state index contributed by atoms with van der Waals surface area (Å²) < 4.78 is 1.66. The molecule has 0 saturated carbocycles. The number of aryl methyl sites for hydroxylation is 1. The number of benzene rings is 1. The number of aromatic nitrogens is 2. The van der Waals surface area contributed by atoms with E-state index in [1.165, 1.54) is 0 Å². The number of primary amides is 1. The molecule has 0 bridgehead atoms. The maximum absolute atomic E-state index is 12.0. The van der Waals surface area contributed by atoms with Crippen LogP contribution in [0.15, 0.2) is 36.7 Å². The molecule has 1 unspecified atom stereocenters. The van der Waals surface area contributed by atoms with Gasteiger partial charge in [-0.25, -0.2) is 0 Å². The second kappa shape index (κ2) is 7.79. The highest BCUT2D eigenvalue weighted by molar-refractivity contribution is 6.40. The first-order chi connectivity index (χ1) is 11.9. The van der Waals surface area contributed by atoms with Gasteiger partial charge in [-0.1, -0.05) is 12.1 Å². The van der Waals surface area contributed by atoms with Crippen molar-refractivity contribution in [1.82, 2.24) is 15.1 Å². The van der Waals surface area contributed by atoms with Gasteiger partial charge in [0.2, 0.25) is 5.91 Å². The van der Waals surface area contributed by atoms with Crippen LogP contribution in [-0.4, -0.2) is 33.5 Å². The normalized spacial score (nSPS) is 11.2. The van der Waals surface area contributed by atoms with E-state index < -0.39 is 23.8 Å². The van der Waals surface area contributed by atoms with Crippen LogP contribution in [0.1, 0.15) is 6.42 Å². The Kier molecular flexibility index (Phi) is 5.53. The van der Waals surface area contributed by atoms with E-state index >= 15 is 0 Å². The Balaban J connectivity index is 2.06. The Hall–Kier alpha value is -3.60. The van der Waals surface area contributed by atoms with Crippen LogP contribution in [0.5, 0.6) is 0 Å². The monoisotopic (exact) mass is 339 g/mol. The number of carbonyl (C=O) groups is 3. The molecule has 0 aliphatic heterocycles. The molecule has 0 spiro atoms. The van der Waals surface area contributed by atoms with Crippen molar-refractivity contribution in [2.24, 2.45) is 12.8 Å². The molecule has 1 atom stereocenters. The highest BCUT2D eigenvalue weighted by atomic mass is 16.2. The summed E-state index contributed by atoms with van der Waals surface area (Å²) in [5.41, 5.74) is 7.24. The number of nitrogens with two attached hydrogens (primary N) is 1. The molecule has 25 heavy (non-hydrogen) atoms. The topological polar surface area (TPSA) is 119 Å². The van der Waals surface area contributed by atoms with Crippen molar-refractivity contribution in [2.75, 3.05) is 5.32 Å². The molecule has 0 aliphatic carbocycles. The lowest BCUT2D eigenvalue weighted by molar-refractivity contribution is -0.137. The van der Waals surface area contributed by atoms with Crippen LogP contribution < -0.4 is 16.4 Å². The first-order valence-corrected chi connectivity index (χ1v) is 7.34. The van der Waals surface area contributed by atoms with Gasteiger partial charge in [0.15, 0.2) is 0 Å². The summed E-state index contributed by atoms with van der Waals surface area (Å²) in [5, 5.41) is 8.75. The number of amides is 3. The number of nitrogens with one attached hydrogen (secondary N) is 2. The average Bonchev–Trinajstić information content (AvgIpc) is 3.01. The molecule has 1 aromatic heterocycles. The fourth-order valence-electron chi connectivity index (χ4n) is 2.10. The van der Waals surface area contributed by atoms with Gasteiger partial charge in [-0.05, 0) is 17.7 Å². The number of nitrogens with zero attached hydrogens (tertiary/aromatic N) is 2. The fraction of sp³-hybridized carbons (Fsp3) is 0.176. The molecule has 1 aromatic carbocycles. The van der Waals surface area contributed by atoms with Crippen LogP contribution in [0, 0.1) is 12.3 Å². The average molecular weight is 339 g/mol. The van der Waals surface area contributed by atoms with Crippen LogP contribution in [0.4, 0.5) is 5.69 Å². The third-order valence-corrected chi connectivity index (χ3v) is 3.34. The van der Waals surface area contributed by atoms with E-state index in [-0.39, 0.29) is 6.42 Å². The second-order valence-corrected chi connectivity index (χ2v) is 5.27. The Morgan fingerprint density at radius 2 is 2.08 bits per heavy atom. The maximum atomic E-state index is 12.0. The quantitative estimate of drug-likeness (QED) is 0.525. The van der Waals surface area contributed by atoms with Crippen molar-refractivity contribution in [2.45, 2.75) is 12.5 Å². The molecular weight excluding hydrogens is 322 g/mol. The van der Waals surface area contributed by atoms with E-state index in [1.54, 1.807) is 36.1 Å². The first-order valence-electron chi connectivity index (χ1n) is 7.34. The Morgan fingerprint density at radius 3 is 2.68 bits per heavy atom. The van der Waals surface area contributed by atoms with Crippen LogP contribution in [0.25, 0.3) is 11.1 Å². The Morgan fingerprint density at radius 1 is 1.32 bits per heavy atom. The van der Waals surface area contributed by atoms with Crippen LogP contribution in [0.2, 0.25) is 0 Å². The minimum absolute atomic E-state index is 0.0924. The predicted octanol–water partition coefficient (Wildman–Crippen LogP) is 0.0190. The molecule has 8 heteroatoms. The lowest BCUT2D eigenvalue weighted by Crippen LogP contribution is -2.48. The molecule has 0 aliphatic rings. The number of carbonyl (C=O) groups excluding carboxylic acids is 3. The maximum Gasteiger partial charge on any atom is 0.313 e. The van der Waals surface area contributed by atoms with Gasteiger partial charge < -0.3 is 16.4 Å². The zero-order chi connectivity index (χ0) is 18.4. The van der Waals surface area contributed by atoms with Crippen LogP contribution in [0.3, 0.4) is 0 Å². The van der Waals surface area contributed by atoms with Crippen molar-refractivity contribution < 1.29 is 14.4 Å². The summed E-state index contributed by atoms with van der Waals surface area (Å²) >= 11 is 0. The second-order valence-electron chi connectivity index (χ2n) is 5.27. The highest BCUT2D eigenvalue weighted by Crippen LogP contribution is 2.21. The third kappa shape index (κ3) is 4.68. The van der Waals surface area contributed by atoms with Crippen molar-refractivity contribution in [1.29, 1.82) is 0 Å². The largest absolute Gasteiger partial charge is 0.368 e. The Bertz CT molecular complexity index is 850. The van der Waals surface area contributed by atoms with Gasteiger partial charge in [0, 0.05) is 30.9 Å². The number of anilines is 1. The molecule has 0 fully saturated rings. The molecule has 0 radical (unpaired) electrons. The van der Waals surface area contributed by atoms with Gasteiger partial charge in [-0.2, -0.15) is 5.10 Å². The summed E-state index contributed by atoms with van der Waals surface area (Å²) in [6, 6.07) is 5.83. The van der Waals surface area contributed by atoms with Gasteiger partial charge in [0.1, 0.15) is 6.04 Å². The zero-order valence-corrected chi connectivity index (χ0v) is 13.5. The predicted molar refractivity (Wildman–Crippen MR) is 91.8 cm³/mol. The van der Waals surface area contributed by atoms with Crippen LogP contribution in [-0.2, 0) is 21.4 Å².